The molecule has 1 nitrogen and oxygen atoms in total. The maximum Gasteiger partial charge on any atom is 0.143 e. The minimum atomic E-state index is 0.790. The van der Waals surface area contributed by atoms with Crippen LogP contribution < -0.4 is 0 Å². The molecule has 0 radical (unpaired) electrons. The largest absolute Gasteiger partial charge is 0.455 e. The molecular weight excluding hydrogens is 689 g/mol. The van der Waals surface area contributed by atoms with E-state index in [1.807, 2.05) is 18.2 Å². The van der Waals surface area contributed by atoms with Crippen LogP contribution in [0.3, 0.4) is 0 Å². The van der Waals surface area contributed by atoms with Gasteiger partial charge in [0.15, 0.2) is 0 Å². The summed E-state index contributed by atoms with van der Waals surface area (Å²) in [6.45, 7) is 8.01. The highest BCUT2D eigenvalue weighted by Gasteiger charge is 2.20. The fourth-order valence-corrected chi connectivity index (χ4v) is 8.63. The standard InChI is InChI=1S/C56H38O/c1-3-16-37(4-2)56-55(40-18-6-5-7-19-40)51-34-33-43(36-52(51)57-56)42-21-14-22-44(35-42)54-49-26-12-10-24-47(49)53(48-25-11-13-27-50(48)54)41-31-29-39(30-32-41)46-28-15-20-38-17-8-9-23-45(38)46/h3-36H,1-2H2/b37-16+. The number of hydrogen-bond acceptors (Lipinski definition) is 1. The number of rotatable bonds is 8. The summed E-state index contributed by atoms with van der Waals surface area (Å²) in [5.41, 5.74) is 13.4. The van der Waals surface area contributed by atoms with E-state index in [-0.39, 0.29) is 0 Å². The van der Waals surface area contributed by atoms with E-state index in [0.29, 0.717) is 0 Å². The van der Waals surface area contributed by atoms with Gasteiger partial charge in [-0.1, -0.05) is 201 Å². The summed E-state index contributed by atoms with van der Waals surface area (Å²) >= 11 is 0. The maximum atomic E-state index is 6.67. The second-order valence-corrected chi connectivity index (χ2v) is 14.5. The highest BCUT2D eigenvalue weighted by molar-refractivity contribution is 6.21. The molecule has 0 saturated heterocycles. The quantitative estimate of drug-likeness (QED) is 0.112. The lowest BCUT2D eigenvalue weighted by atomic mass is 9.85. The van der Waals surface area contributed by atoms with E-state index in [1.54, 1.807) is 6.08 Å². The van der Waals surface area contributed by atoms with Gasteiger partial charge < -0.3 is 4.42 Å². The molecule has 0 atom stereocenters. The molecule has 0 saturated carbocycles. The van der Waals surface area contributed by atoms with Crippen molar-refractivity contribution in [3.63, 3.8) is 0 Å². The van der Waals surface area contributed by atoms with Crippen molar-refractivity contribution in [2.75, 3.05) is 0 Å². The Morgan fingerprint density at radius 1 is 0.386 bits per heavy atom. The zero-order valence-corrected chi connectivity index (χ0v) is 31.5. The van der Waals surface area contributed by atoms with Gasteiger partial charge in [0.05, 0.1) is 0 Å². The van der Waals surface area contributed by atoms with Crippen molar-refractivity contribution in [2.45, 2.75) is 0 Å². The molecule has 10 aromatic rings. The van der Waals surface area contributed by atoms with Gasteiger partial charge >= 0.3 is 0 Å². The molecule has 1 heterocycles. The van der Waals surface area contributed by atoms with Crippen molar-refractivity contribution < 1.29 is 4.42 Å². The molecule has 9 aromatic carbocycles. The molecule has 0 aliphatic heterocycles. The number of fused-ring (bicyclic) bond motifs is 4. The molecule has 0 fully saturated rings. The molecule has 0 unspecified atom stereocenters. The van der Waals surface area contributed by atoms with Crippen LogP contribution >= 0.6 is 0 Å². The first-order chi connectivity index (χ1) is 28.2. The topological polar surface area (TPSA) is 13.1 Å². The lowest BCUT2D eigenvalue weighted by Gasteiger charge is -2.18. The van der Waals surface area contributed by atoms with Gasteiger partial charge in [-0.15, -0.1) is 0 Å². The summed E-state index contributed by atoms with van der Waals surface area (Å²) in [5.74, 6) is 0.790. The van der Waals surface area contributed by atoms with Crippen LogP contribution in [0.25, 0.3) is 104 Å². The minimum absolute atomic E-state index is 0.790. The molecule has 0 bridgehead atoms. The van der Waals surface area contributed by atoms with Gasteiger partial charge in [-0.05, 0) is 101 Å². The molecule has 0 aliphatic carbocycles. The van der Waals surface area contributed by atoms with Crippen molar-refractivity contribution in [1.29, 1.82) is 0 Å². The lowest BCUT2D eigenvalue weighted by Crippen LogP contribution is -1.91. The minimum Gasteiger partial charge on any atom is -0.455 e. The van der Waals surface area contributed by atoms with Crippen LogP contribution in [-0.2, 0) is 0 Å². The second kappa shape index (κ2) is 14.3. The molecule has 10 rings (SSSR count). The van der Waals surface area contributed by atoms with Crippen LogP contribution in [0.1, 0.15) is 5.76 Å². The van der Waals surface area contributed by atoms with Crippen molar-refractivity contribution in [3.8, 4) is 55.6 Å². The SMILES string of the molecule is C=C/C=C(\C=C)c1oc2cc(-c3cccc(-c4c5ccccc5c(-c5ccc(-c6cccc7ccccc67)cc5)c5ccccc45)c3)ccc2c1-c1ccccc1. The fraction of sp³-hybridized carbons (Fsp3) is 0. The molecular formula is C56H38O. The van der Waals surface area contributed by atoms with E-state index < -0.39 is 0 Å². The van der Waals surface area contributed by atoms with Crippen molar-refractivity contribution in [1.82, 2.24) is 0 Å². The summed E-state index contributed by atoms with van der Waals surface area (Å²) < 4.78 is 6.67. The molecule has 0 spiro atoms. The Bertz CT molecular complexity index is 3130. The third kappa shape index (κ3) is 5.89. The molecule has 57 heavy (non-hydrogen) atoms. The van der Waals surface area contributed by atoms with Crippen molar-refractivity contribution >= 4 is 48.9 Å². The maximum absolute atomic E-state index is 6.67. The highest BCUT2D eigenvalue weighted by Crippen LogP contribution is 2.45. The first-order valence-electron chi connectivity index (χ1n) is 19.4. The number of benzene rings is 9. The van der Waals surface area contributed by atoms with Gasteiger partial charge in [0, 0.05) is 16.5 Å². The van der Waals surface area contributed by atoms with Crippen molar-refractivity contribution in [2.24, 2.45) is 0 Å². The first-order valence-corrected chi connectivity index (χ1v) is 19.4. The Balaban J connectivity index is 1.10. The molecule has 0 N–H and O–H groups in total. The third-order valence-corrected chi connectivity index (χ3v) is 11.2. The van der Waals surface area contributed by atoms with Gasteiger partial charge in [0.2, 0.25) is 0 Å². The smallest absolute Gasteiger partial charge is 0.143 e. The summed E-state index contributed by atoms with van der Waals surface area (Å²) in [5, 5.41) is 8.50. The molecule has 1 aromatic heterocycles. The molecule has 1 heteroatoms. The summed E-state index contributed by atoms with van der Waals surface area (Å²) in [6.07, 6.45) is 5.55. The van der Waals surface area contributed by atoms with E-state index in [2.05, 4.69) is 195 Å². The average Bonchev–Trinajstić information content (AvgIpc) is 3.66. The molecule has 0 aliphatic rings. The van der Waals surface area contributed by atoms with Gasteiger partial charge in [0.1, 0.15) is 11.3 Å². The number of allylic oxidation sites excluding steroid dienone is 4. The summed E-state index contributed by atoms with van der Waals surface area (Å²) in [4.78, 5) is 0. The Hall–Kier alpha value is -7.48. The Morgan fingerprint density at radius 2 is 0.895 bits per heavy atom. The Labute approximate surface area is 332 Å². The van der Waals surface area contributed by atoms with E-state index in [9.17, 15) is 0 Å². The highest BCUT2D eigenvalue weighted by atomic mass is 16.3. The number of furan rings is 1. The first kappa shape index (κ1) is 34.0. The zero-order chi connectivity index (χ0) is 38.3. The van der Waals surface area contributed by atoms with E-state index in [4.69, 9.17) is 4.42 Å². The normalized spacial score (nSPS) is 11.8. The van der Waals surface area contributed by atoms with E-state index in [1.165, 1.54) is 65.7 Å². The van der Waals surface area contributed by atoms with Gasteiger partial charge in [0.25, 0.3) is 0 Å². The van der Waals surface area contributed by atoms with Crippen LogP contribution in [0.5, 0.6) is 0 Å². The van der Waals surface area contributed by atoms with Crippen LogP contribution in [0, 0.1) is 0 Å². The second-order valence-electron chi connectivity index (χ2n) is 14.5. The Kier molecular flexibility index (Phi) is 8.54. The van der Waals surface area contributed by atoms with E-state index in [0.717, 1.165) is 44.6 Å². The Morgan fingerprint density at radius 3 is 1.58 bits per heavy atom. The third-order valence-electron chi connectivity index (χ3n) is 11.2. The molecule has 268 valence electrons. The number of hydrogen-bond donors (Lipinski definition) is 0. The van der Waals surface area contributed by atoms with Crippen LogP contribution in [0.4, 0.5) is 0 Å². The predicted molar refractivity (Wildman–Crippen MR) is 244 cm³/mol. The van der Waals surface area contributed by atoms with Crippen LogP contribution in [0.15, 0.2) is 224 Å². The summed E-state index contributed by atoms with van der Waals surface area (Å²) in [6, 6.07) is 67.9. The van der Waals surface area contributed by atoms with Crippen LogP contribution in [0.2, 0.25) is 0 Å². The molecule has 0 amide bonds. The lowest BCUT2D eigenvalue weighted by molar-refractivity contribution is 0.602. The van der Waals surface area contributed by atoms with E-state index >= 15 is 0 Å². The van der Waals surface area contributed by atoms with Gasteiger partial charge in [-0.3, -0.25) is 0 Å². The average molecular weight is 727 g/mol. The zero-order valence-electron chi connectivity index (χ0n) is 31.5. The fourth-order valence-electron chi connectivity index (χ4n) is 8.63. The monoisotopic (exact) mass is 726 g/mol. The van der Waals surface area contributed by atoms with Gasteiger partial charge in [-0.25, -0.2) is 0 Å². The predicted octanol–water partition coefficient (Wildman–Crippen LogP) is 16.0. The summed E-state index contributed by atoms with van der Waals surface area (Å²) in [7, 11) is 0. The van der Waals surface area contributed by atoms with Crippen molar-refractivity contribution in [3.05, 3.63) is 225 Å². The van der Waals surface area contributed by atoms with Gasteiger partial charge in [-0.2, -0.15) is 0 Å². The van der Waals surface area contributed by atoms with Crippen LogP contribution in [-0.4, -0.2) is 0 Å².